The molecule has 0 aliphatic heterocycles. The highest BCUT2D eigenvalue weighted by Crippen LogP contribution is 2.22. The van der Waals surface area contributed by atoms with E-state index in [1.807, 2.05) is 30.5 Å². The fourth-order valence-corrected chi connectivity index (χ4v) is 2.69. The molecule has 1 aromatic heterocycles. The Labute approximate surface area is 123 Å². The van der Waals surface area contributed by atoms with Crippen LogP contribution < -0.4 is 5.32 Å². The molecule has 0 fully saturated rings. The van der Waals surface area contributed by atoms with E-state index in [-0.39, 0.29) is 30.8 Å². The molecule has 1 heterocycles. The van der Waals surface area contributed by atoms with Crippen molar-refractivity contribution in [1.29, 1.82) is 5.26 Å². The first-order chi connectivity index (χ1) is 9.58. The molecule has 0 aliphatic rings. The lowest BCUT2D eigenvalue weighted by Gasteiger charge is -2.22. The Balaban J connectivity index is 2.75. The summed E-state index contributed by atoms with van der Waals surface area (Å²) in [5, 5.41) is 13.5. The molecule has 1 aromatic rings. The Morgan fingerprint density at radius 3 is 2.80 bits per heavy atom. The van der Waals surface area contributed by atoms with Gasteiger partial charge in [0.1, 0.15) is 6.54 Å². The molecule has 0 aliphatic carbocycles. The van der Waals surface area contributed by atoms with Crippen molar-refractivity contribution in [2.75, 3.05) is 13.1 Å². The number of thiophene rings is 1. The topological polar surface area (TPSA) is 73.2 Å². The number of hydrogen-bond donors (Lipinski definition) is 1. The van der Waals surface area contributed by atoms with Crippen LogP contribution in [0.5, 0.6) is 0 Å². The highest BCUT2D eigenvalue weighted by molar-refractivity contribution is 7.10. The van der Waals surface area contributed by atoms with Crippen LogP contribution in [0.3, 0.4) is 0 Å². The third-order valence-corrected chi connectivity index (χ3v) is 3.74. The molecule has 1 atom stereocenters. The number of carbonyl (C=O) groups is 2. The van der Waals surface area contributed by atoms with Gasteiger partial charge in [0.15, 0.2) is 0 Å². The lowest BCUT2D eigenvalue weighted by molar-refractivity contribution is -0.131. The Morgan fingerprint density at radius 2 is 2.30 bits per heavy atom. The molecule has 0 saturated heterocycles. The number of rotatable bonds is 7. The Morgan fingerprint density at radius 1 is 1.55 bits per heavy atom. The van der Waals surface area contributed by atoms with E-state index in [2.05, 4.69) is 5.32 Å². The van der Waals surface area contributed by atoms with Gasteiger partial charge in [0.2, 0.25) is 11.8 Å². The van der Waals surface area contributed by atoms with E-state index in [1.54, 1.807) is 0 Å². The first kappa shape index (κ1) is 16.2. The quantitative estimate of drug-likeness (QED) is 0.782. The molecule has 1 rings (SSSR count). The second-order valence-electron chi connectivity index (χ2n) is 4.45. The van der Waals surface area contributed by atoms with Crippen molar-refractivity contribution < 1.29 is 9.59 Å². The minimum absolute atomic E-state index is 0.0872. The maximum absolute atomic E-state index is 12.2. The van der Waals surface area contributed by atoms with E-state index >= 15 is 0 Å². The molecule has 0 aromatic carbocycles. The summed E-state index contributed by atoms with van der Waals surface area (Å²) in [4.78, 5) is 26.0. The predicted molar refractivity (Wildman–Crippen MR) is 78.0 cm³/mol. The van der Waals surface area contributed by atoms with Crippen LogP contribution >= 0.6 is 11.3 Å². The van der Waals surface area contributed by atoms with Gasteiger partial charge in [-0.15, -0.1) is 11.3 Å². The van der Waals surface area contributed by atoms with Gasteiger partial charge in [-0.05, 0) is 17.9 Å². The van der Waals surface area contributed by atoms with Crippen LogP contribution in [-0.2, 0) is 9.59 Å². The molecule has 0 bridgehead atoms. The summed E-state index contributed by atoms with van der Waals surface area (Å²) in [6.07, 6.45) is 0.985. The Bertz CT molecular complexity index is 479. The molecule has 0 saturated carbocycles. The summed E-state index contributed by atoms with van der Waals surface area (Å²) >= 11 is 1.50. The highest BCUT2D eigenvalue weighted by Gasteiger charge is 2.21. The van der Waals surface area contributed by atoms with Crippen LogP contribution in [0.25, 0.3) is 0 Å². The van der Waals surface area contributed by atoms with Crippen molar-refractivity contribution in [3.8, 4) is 6.07 Å². The number of carbonyl (C=O) groups excluding carboxylic acids is 2. The number of nitrogens with one attached hydrogen (secondary N) is 1. The van der Waals surface area contributed by atoms with Crippen LogP contribution in [0.15, 0.2) is 17.5 Å². The van der Waals surface area contributed by atoms with E-state index in [4.69, 9.17) is 5.26 Å². The largest absolute Gasteiger partial charge is 0.348 e. The van der Waals surface area contributed by atoms with E-state index < -0.39 is 0 Å². The molecule has 1 unspecified atom stereocenters. The van der Waals surface area contributed by atoms with E-state index in [0.29, 0.717) is 6.54 Å². The molecular formula is C14H19N3O2S. The molecule has 0 radical (unpaired) electrons. The molecule has 20 heavy (non-hydrogen) atoms. The van der Waals surface area contributed by atoms with Gasteiger partial charge in [0.05, 0.1) is 18.5 Å². The highest BCUT2D eigenvalue weighted by atomic mass is 32.1. The van der Waals surface area contributed by atoms with Crippen LogP contribution in [-0.4, -0.2) is 29.8 Å². The normalized spacial score (nSPS) is 11.4. The van der Waals surface area contributed by atoms with Crippen molar-refractivity contribution in [1.82, 2.24) is 10.2 Å². The number of nitrogens with zero attached hydrogens (tertiary/aromatic N) is 2. The SMILES string of the molecule is CCCN(CC#N)C(=O)CC(NC(C)=O)c1cccs1. The third-order valence-electron chi connectivity index (χ3n) is 2.75. The molecule has 108 valence electrons. The zero-order valence-corrected chi connectivity index (χ0v) is 12.6. The van der Waals surface area contributed by atoms with Crippen molar-refractivity contribution in [2.45, 2.75) is 32.7 Å². The van der Waals surface area contributed by atoms with Gasteiger partial charge < -0.3 is 10.2 Å². The number of hydrogen-bond acceptors (Lipinski definition) is 4. The van der Waals surface area contributed by atoms with Crippen molar-refractivity contribution >= 4 is 23.2 Å². The Hall–Kier alpha value is -1.87. The molecule has 5 nitrogen and oxygen atoms in total. The summed E-state index contributed by atoms with van der Waals surface area (Å²) in [7, 11) is 0. The minimum atomic E-state index is -0.321. The average Bonchev–Trinajstić information content (AvgIpc) is 2.91. The maximum Gasteiger partial charge on any atom is 0.225 e. The van der Waals surface area contributed by atoms with Crippen molar-refractivity contribution in [3.05, 3.63) is 22.4 Å². The van der Waals surface area contributed by atoms with Crippen LogP contribution in [0.2, 0.25) is 0 Å². The molecule has 1 N–H and O–H groups in total. The summed E-state index contributed by atoms with van der Waals surface area (Å²) in [6, 6.07) is 5.46. The van der Waals surface area contributed by atoms with Crippen molar-refractivity contribution in [2.24, 2.45) is 0 Å². The predicted octanol–water partition coefficient (Wildman–Crippen LogP) is 2.08. The minimum Gasteiger partial charge on any atom is -0.348 e. The van der Waals surface area contributed by atoms with Gasteiger partial charge in [-0.3, -0.25) is 9.59 Å². The van der Waals surface area contributed by atoms with Crippen LogP contribution in [0, 0.1) is 11.3 Å². The molecule has 2 amide bonds. The summed E-state index contributed by atoms with van der Waals surface area (Å²) in [6.45, 7) is 4.04. The Kier molecular flexibility index (Phi) is 6.74. The second kappa shape index (κ2) is 8.33. The fourth-order valence-electron chi connectivity index (χ4n) is 1.91. The van der Waals surface area contributed by atoms with Gasteiger partial charge >= 0.3 is 0 Å². The summed E-state index contributed by atoms with van der Waals surface area (Å²) in [5.41, 5.74) is 0. The molecular weight excluding hydrogens is 274 g/mol. The van der Waals surface area contributed by atoms with E-state index in [9.17, 15) is 9.59 Å². The standard InChI is InChI=1S/C14H19N3O2S/c1-3-7-17(8-6-15)14(19)10-12(16-11(2)18)13-5-4-9-20-13/h4-5,9,12H,3,7-8,10H2,1-2H3,(H,16,18). The summed E-state index contributed by atoms with van der Waals surface area (Å²) in [5.74, 6) is -0.279. The monoisotopic (exact) mass is 293 g/mol. The molecule has 0 spiro atoms. The van der Waals surface area contributed by atoms with Gasteiger partial charge in [-0.1, -0.05) is 13.0 Å². The number of amides is 2. The third kappa shape index (κ3) is 5.02. The van der Waals surface area contributed by atoms with Crippen LogP contribution in [0.1, 0.15) is 37.6 Å². The van der Waals surface area contributed by atoms with E-state index in [1.165, 1.54) is 23.2 Å². The smallest absolute Gasteiger partial charge is 0.225 e. The zero-order valence-electron chi connectivity index (χ0n) is 11.8. The zero-order chi connectivity index (χ0) is 15.0. The van der Waals surface area contributed by atoms with Gasteiger partial charge in [-0.2, -0.15) is 5.26 Å². The number of nitriles is 1. The first-order valence-electron chi connectivity index (χ1n) is 6.53. The first-order valence-corrected chi connectivity index (χ1v) is 7.41. The lowest BCUT2D eigenvalue weighted by atomic mass is 10.1. The van der Waals surface area contributed by atoms with Gasteiger partial charge in [0.25, 0.3) is 0 Å². The maximum atomic E-state index is 12.2. The molecule has 6 heteroatoms. The average molecular weight is 293 g/mol. The van der Waals surface area contributed by atoms with Crippen molar-refractivity contribution in [3.63, 3.8) is 0 Å². The van der Waals surface area contributed by atoms with E-state index in [0.717, 1.165) is 11.3 Å². The van der Waals surface area contributed by atoms with Crippen LogP contribution in [0.4, 0.5) is 0 Å². The lowest BCUT2D eigenvalue weighted by Crippen LogP contribution is -2.36. The second-order valence-corrected chi connectivity index (χ2v) is 5.43. The van der Waals surface area contributed by atoms with Gasteiger partial charge in [-0.25, -0.2) is 0 Å². The summed E-state index contributed by atoms with van der Waals surface area (Å²) < 4.78 is 0. The fraction of sp³-hybridized carbons (Fsp3) is 0.500. The van der Waals surface area contributed by atoms with Gasteiger partial charge in [0, 0.05) is 18.3 Å².